The molecule has 1 N–H and O–H groups in total. The van der Waals surface area contributed by atoms with E-state index in [-0.39, 0.29) is 43.6 Å². The number of Topliss-reactive ketones (excluding diaryl/α,β-unsaturated/α-hetero) is 1. The molecule has 1 unspecified atom stereocenters. The number of imide groups is 1. The summed E-state index contributed by atoms with van der Waals surface area (Å²) in [6.07, 6.45) is 7.47. The van der Waals surface area contributed by atoms with Crippen LogP contribution in [-0.2, 0) is 30.4 Å². The van der Waals surface area contributed by atoms with E-state index in [1.54, 1.807) is 30.3 Å². The lowest BCUT2D eigenvalue weighted by molar-refractivity contribution is -0.137. The molecule has 12 heteroatoms. The standard InChI is InChI=1S/C35H46N4O8/c1-4-5-6-7-8-16-45-18-19-46-17-10-11-26(40)23-47-33-24(2)20-25(21-31(33)44-3)37-38-29-13-9-12-27-28(29)22-39(35(27)43)30-14-15-32(41)36-34(30)42/h9,12-13,20-21,30H,4-8,10-11,14-19,22-23H2,1-3H3,(H,36,41,42). The van der Waals surface area contributed by atoms with E-state index in [1.165, 1.54) is 37.7 Å². The number of ketones is 1. The topological polar surface area (TPSA) is 145 Å². The average Bonchev–Trinajstić information content (AvgIpc) is 3.39. The molecule has 2 aromatic carbocycles. The second-order valence-corrected chi connectivity index (χ2v) is 11.8. The fraction of sp³-hybridized carbons (Fsp3) is 0.543. The van der Waals surface area contributed by atoms with Crippen LogP contribution in [0.3, 0.4) is 0 Å². The third-order valence-electron chi connectivity index (χ3n) is 8.16. The molecule has 2 aliphatic rings. The Bertz CT molecular complexity index is 1440. The van der Waals surface area contributed by atoms with E-state index in [0.717, 1.165) is 18.6 Å². The monoisotopic (exact) mass is 650 g/mol. The number of fused-ring (bicyclic) bond motifs is 1. The van der Waals surface area contributed by atoms with Crippen molar-refractivity contribution in [3.05, 3.63) is 47.0 Å². The summed E-state index contributed by atoms with van der Waals surface area (Å²) in [6, 6.07) is 7.90. The van der Waals surface area contributed by atoms with Crippen molar-refractivity contribution in [2.24, 2.45) is 10.2 Å². The van der Waals surface area contributed by atoms with Gasteiger partial charge in [-0.1, -0.05) is 38.7 Å². The molecule has 1 saturated heterocycles. The van der Waals surface area contributed by atoms with E-state index in [1.807, 2.05) is 6.92 Å². The summed E-state index contributed by atoms with van der Waals surface area (Å²) in [4.78, 5) is 51.0. The van der Waals surface area contributed by atoms with Crippen LogP contribution in [0.1, 0.15) is 86.2 Å². The normalized spacial score (nSPS) is 16.1. The molecule has 0 aromatic heterocycles. The predicted octanol–water partition coefficient (Wildman–Crippen LogP) is 5.91. The van der Waals surface area contributed by atoms with E-state index in [9.17, 15) is 19.2 Å². The molecule has 0 saturated carbocycles. The maximum Gasteiger partial charge on any atom is 0.255 e. The van der Waals surface area contributed by atoms with Crippen LogP contribution in [0.5, 0.6) is 11.5 Å². The van der Waals surface area contributed by atoms with Crippen LogP contribution >= 0.6 is 0 Å². The Morgan fingerprint density at radius 1 is 0.979 bits per heavy atom. The number of methoxy groups -OCH3 is 1. The van der Waals surface area contributed by atoms with Crippen LogP contribution in [-0.4, -0.2) is 74.6 Å². The smallest absolute Gasteiger partial charge is 0.255 e. The summed E-state index contributed by atoms with van der Waals surface area (Å²) in [5, 5.41) is 11.1. The van der Waals surface area contributed by atoms with E-state index in [0.29, 0.717) is 66.7 Å². The van der Waals surface area contributed by atoms with Gasteiger partial charge >= 0.3 is 0 Å². The molecule has 47 heavy (non-hydrogen) atoms. The highest BCUT2D eigenvalue weighted by Gasteiger charge is 2.39. The van der Waals surface area contributed by atoms with Crippen molar-refractivity contribution in [2.45, 2.75) is 84.2 Å². The number of hydrogen-bond donors (Lipinski definition) is 1. The molecule has 4 rings (SSSR count). The van der Waals surface area contributed by atoms with Gasteiger partial charge in [-0.05, 0) is 49.9 Å². The summed E-state index contributed by atoms with van der Waals surface area (Å²) in [7, 11) is 1.51. The summed E-state index contributed by atoms with van der Waals surface area (Å²) in [6.45, 7) is 6.47. The number of amides is 3. The number of aryl methyl sites for hydroxylation is 1. The SMILES string of the molecule is CCCCCCCOCCOCCCC(=O)COc1c(C)cc(N=Nc2cccc3c2CN(C2CCC(=O)NC2=O)C3=O)cc1OC. The molecule has 1 fully saturated rings. The number of benzene rings is 2. The van der Waals surface area contributed by atoms with Crippen molar-refractivity contribution in [1.82, 2.24) is 10.2 Å². The molecule has 12 nitrogen and oxygen atoms in total. The third-order valence-corrected chi connectivity index (χ3v) is 8.16. The van der Waals surface area contributed by atoms with Gasteiger partial charge in [0.2, 0.25) is 11.8 Å². The molecular weight excluding hydrogens is 604 g/mol. The van der Waals surface area contributed by atoms with Crippen molar-refractivity contribution in [1.29, 1.82) is 0 Å². The number of nitrogens with one attached hydrogen (secondary N) is 1. The van der Waals surface area contributed by atoms with E-state index < -0.39 is 11.9 Å². The van der Waals surface area contributed by atoms with E-state index in [4.69, 9.17) is 18.9 Å². The highest BCUT2D eigenvalue weighted by molar-refractivity contribution is 6.06. The first kappa shape index (κ1) is 35.7. The number of ether oxygens (including phenoxy) is 4. The Hall–Kier alpha value is -4.16. The predicted molar refractivity (Wildman–Crippen MR) is 175 cm³/mol. The zero-order chi connectivity index (χ0) is 33.6. The van der Waals surface area contributed by atoms with Gasteiger partial charge in [0.05, 0.1) is 31.7 Å². The number of rotatable bonds is 20. The number of piperidine rings is 1. The molecule has 3 amide bonds. The second kappa shape index (κ2) is 18.2. The Labute approximate surface area is 276 Å². The maximum atomic E-state index is 13.1. The molecule has 2 heterocycles. The van der Waals surface area contributed by atoms with Crippen LogP contribution < -0.4 is 14.8 Å². The van der Waals surface area contributed by atoms with Gasteiger partial charge in [0.25, 0.3) is 5.91 Å². The van der Waals surface area contributed by atoms with Crippen molar-refractivity contribution >= 4 is 34.9 Å². The summed E-state index contributed by atoms with van der Waals surface area (Å²) >= 11 is 0. The first-order chi connectivity index (χ1) is 22.8. The summed E-state index contributed by atoms with van der Waals surface area (Å²) in [5.41, 5.74) is 2.84. The molecule has 0 radical (unpaired) electrons. The number of nitrogens with zero attached hydrogens (tertiary/aromatic N) is 3. The lowest BCUT2D eigenvalue weighted by Crippen LogP contribution is -2.52. The Kier molecular flexibility index (Phi) is 13.9. The van der Waals surface area contributed by atoms with Crippen LogP contribution in [0.25, 0.3) is 0 Å². The zero-order valence-corrected chi connectivity index (χ0v) is 27.7. The Morgan fingerprint density at radius 2 is 1.74 bits per heavy atom. The number of azo groups is 1. The fourth-order valence-corrected chi connectivity index (χ4v) is 5.62. The van der Waals surface area contributed by atoms with Gasteiger partial charge in [-0.3, -0.25) is 24.5 Å². The molecule has 0 bridgehead atoms. The van der Waals surface area contributed by atoms with Gasteiger partial charge in [0.15, 0.2) is 17.3 Å². The molecule has 0 aliphatic carbocycles. The van der Waals surface area contributed by atoms with Crippen molar-refractivity contribution in [2.75, 3.05) is 40.1 Å². The van der Waals surface area contributed by atoms with Gasteiger partial charge in [0, 0.05) is 49.8 Å². The van der Waals surface area contributed by atoms with Gasteiger partial charge in [-0.2, -0.15) is 10.2 Å². The lowest BCUT2D eigenvalue weighted by Gasteiger charge is -2.29. The fourth-order valence-electron chi connectivity index (χ4n) is 5.62. The van der Waals surface area contributed by atoms with Crippen molar-refractivity contribution in [3.63, 3.8) is 0 Å². The minimum absolute atomic E-state index is 0.0408. The minimum atomic E-state index is -0.711. The first-order valence-corrected chi connectivity index (χ1v) is 16.5. The zero-order valence-electron chi connectivity index (χ0n) is 27.7. The van der Waals surface area contributed by atoms with Crippen LogP contribution in [0.4, 0.5) is 11.4 Å². The Balaban J connectivity index is 1.24. The van der Waals surface area contributed by atoms with Crippen LogP contribution in [0, 0.1) is 6.92 Å². The first-order valence-electron chi connectivity index (χ1n) is 16.5. The molecule has 0 spiro atoms. The van der Waals surface area contributed by atoms with Crippen LogP contribution in [0.15, 0.2) is 40.6 Å². The highest BCUT2D eigenvalue weighted by Crippen LogP contribution is 2.38. The quantitative estimate of drug-likeness (QED) is 0.106. The second-order valence-electron chi connectivity index (χ2n) is 11.8. The van der Waals surface area contributed by atoms with Crippen molar-refractivity contribution < 1.29 is 38.1 Å². The average molecular weight is 651 g/mol. The largest absolute Gasteiger partial charge is 0.493 e. The minimum Gasteiger partial charge on any atom is -0.493 e. The third kappa shape index (κ3) is 10.2. The molecular formula is C35H46N4O8. The highest BCUT2D eigenvalue weighted by atomic mass is 16.5. The van der Waals surface area contributed by atoms with Crippen LogP contribution in [0.2, 0.25) is 0 Å². The number of hydrogen-bond acceptors (Lipinski definition) is 10. The van der Waals surface area contributed by atoms with Gasteiger partial charge in [-0.25, -0.2) is 0 Å². The number of carbonyl (C=O) groups excluding carboxylic acids is 4. The molecule has 2 aromatic rings. The van der Waals surface area contributed by atoms with Crippen molar-refractivity contribution in [3.8, 4) is 11.5 Å². The molecule has 2 aliphatic heterocycles. The molecule has 254 valence electrons. The summed E-state index contributed by atoms with van der Waals surface area (Å²) in [5.74, 6) is -0.250. The van der Waals surface area contributed by atoms with E-state index >= 15 is 0 Å². The number of unbranched alkanes of at least 4 members (excludes halogenated alkanes) is 4. The maximum absolute atomic E-state index is 13.1. The summed E-state index contributed by atoms with van der Waals surface area (Å²) < 4.78 is 22.6. The van der Waals surface area contributed by atoms with Gasteiger partial charge in [0.1, 0.15) is 12.6 Å². The van der Waals surface area contributed by atoms with Gasteiger partial charge in [-0.15, -0.1) is 0 Å². The number of carbonyl (C=O) groups is 4. The lowest BCUT2D eigenvalue weighted by atomic mass is 10.0. The molecule has 1 atom stereocenters. The van der Waals surface area contributed by atoms with E-state index in [2.05, 4.69) is 22.5 Å². The van der Waals surface area contributed by atoms with Gasteiger partial charge < -0.3 is 23.8 Å². The Morgan fingerprint density at radius 3 is 2.49 bits per heavy atom.